The highest BCUT2D eigenvalue weighted by molar-refractivity contribution is 5.93. The Morgan fingerprint density at radius 1 is 1.02 bits per heavy atom. The zero-order chi connectivity index (χ0) is 31.1. The van der Waals surface area contributed by atoms with Crippen molar-refractivity contribution in [2.24, 2.45) is 11.8 Å². The molecule has 1 aliphatic heterocycles. The van der Waals surface area contributed by atoms with Gasteiger partial charge < -0.3 is 20.1 Å². The number of rotatable bonds is 9. The topological polar surface area (TPSA) is 82.1 Å². The molecule has 2 aliphatic rings. The van der Waals surface area contributed by atoms with Gasteiger partial charge in [-0.25, -0.2) is 0 Å². The lowest BCUT2D eigenvalue weighted by Crippen LogP contribution is -2.47. The fourth-order valence-electron chi connectivity index (χ4n) is 6.45. The van der Waals surface area contributed by atoms with E-state index in [1.807, 2.05) is 31.2 Å². The standard InChI is InChI=1S/C37H47N3O4/c1-26-22-40(27(2)25-41)36(42)21-32-20-33(38-37(43)31-12-8-5-9-13-31)18-19-34(32)44-35(26)24-39(3)23-28-14-16-30(17-15-28)29-10-6-4-7-11-29/h4,6-7,10-11,14-20,26-27,31,35,41H,5,8-9,12-13,21-25H2,1-3H3,(H,38,43)/t26-,27+,35+/m0/s1. The van der Waals surface area contributed by atoms with Crippen molar-refractivity contribution in [3.8, 4) is 16.9 Å². The Morgan fingerprint density at radius 2 is 1.73 bits per heavy atom. The summed E-state index contributed by atoms with van der Waals surface area (Å²) in [4.78, 5) is 30.6. The Kier molecular flexibility index (Phi) is 10.7. The molecule has 1 aliphatic carbocycles. The number of carbonyl (C=O) groups is 2. The molecule has 2 N–H and O–H groups in total. The van der Waals surface area contributed by atoms with Gasteiger partial charge in [0.05, 0.1) is 19.1 Å². The fourth-order valence-corrected chi connectivity index (χ4v) is 6.45. The van der Waals surface area contributed by atoms with Gasteiger partial charge in [0.2, 0.25) is 11.8 Å². The number of benzene rings is 3. The van der Waals surface area contributed by atoms with E-state index in [0.29, 0.717) is 24.5 Å². The number of hydrogen-bond acceptors (Lipinski definition) is 5. The summed E-state index contributed by atoms with van der Waals surface area (Å²) >= 11 is 0. The molecule has 3 atom stereocenters. The van der Waals surface area contributed by atoms with Crippen molar-refractivity contribution in [2.45, 2.75) is 71.1 Å². The maximum atomic E-state index is 13.6. The van der Waals surface area contributed by atoms with Crippen molar-refractivity contribution >= 4 is 17.5 Å². The van der Waals surface area contributed by atoms with E-state index in [2.05, 4.69) is 72.7 Å². The van der Waals surface area contributed by atoms with Gasteiger partial charge in [-0.05, 0) is 61.7 Å². The molecule has 1 saturated carbocycles. The van der Waals surface area contributed by atoms with Crippen LogP contribution >= 0.6 is 0 Å². The molecule has 2 amide bonds. The highest BCUT2D eigenvalue weighted by Crippen LogP contribution is 2.31. The molecule has 1 heterocycles. The number of likely N-dealkylation sites (N-methyl/N-ethyl adjacent to an activating group) is 1. The average Bonchev–Trinajstić information content (AvgIpc) is 3.09. The summed E-state index contributed by atoms with van der Waals surface area (Å²) in [6.45, 7) is 5.80. The van der Waals surface area contributed by atoms with Crippen LogP contribution in [0.25, 0.3) is 11.1 Å². The van der Waals surface area contributed by atoms with Gasteiger partial charge in [-0.15, -0.1) is 0 Å². The minimum absolute atomic E-state index is 0.0208. The minimum Gasteiger partial charge on any atom is -0.488 e. The van der Waals surface area contributed by atoms with Gasteiger partial charge in [-0.3, -0.25) is 14.5 Å². The molecule has 234 valence electrons. The summed E-state index contributed by atoms with van der Waals surface area (Å²) in [5, 5.41) is 13.1. The van der Waals surface area contributed by atoms with Gasteiger partial charge in [0.15, 0.2) is 0 Å². The summed E-state index contributed by atoms with van der Waals surface area (Å²) in [6.07, 6.45) is 5.19. The second kappa shape index (κ2) is 14.9. The van der Waals surface area contributed by atoms with E-state index < -0.39 is 0 Å². The van der Waals surface area contributed by atoms with E-state index in [1.165, 1.54) is 23.1 Å². The normalized spacial score (nSPS) is 20.2. The van der Waals surface area contributed by atoms with Gasteiger partial charge in [-0.1, -0.05) is 80.8 Å². The number of anilines is 1. The second-order valence-electron chi connectivity index (χ2n) is 12.8. The Labute approximate surface area is 262 Å². The lowest BCUT2D eigenvalue weighted by Gasteiger charge is -2.34. The molecule has 3 aromatic carbocycles. The van der Waals surface area contributed by atoms with E-state index in [0.717, 1.165) is 37.8 Å². The minimum atomic E-state index is -0.304. The third kappa shape index (κ3) is 8.07. The van der Waals surface area contributed by atoms with Crippen LogP contribution in [0.5, 0.6) is 5.75 Å². The molecule has 0 bridgehead atoms. The Balaban J connectivity index is 1.33. The predicted molar refractivity (Wildman–Crippen MR) is 175 cm³/mol. The van der Waals surface area contributed by atoms with Crippen molar-refractivity contribution in [1.82, 2.24) is 9.80 Å². The monoisotopic (exact) mass is 597 g/mol. The second-order valence-corrected chi connectivity index (χ2v) is 12.8. The zero-order valence-electron chi connectivity index (χ0n) is 26.4. The smallest absolute Gasteiger partial charge is 0.227 e. The number of aliphatic hydroxyl groups is 1. The quantitative estimate of drug-likeness (QED) is 0.309. The first-order chi connectivity index (χ1) is 21.3. The van der Waals surface area contributed by atoms with Crippen molar-refractivity contribution in [3.05, 3.63) is 83.9 Å². The summed E-state index contributed by atoms with van der Waals surface area (Å²) in [6, 6.07) is 24.4. The van der Waals surface area contributed by atoms with E-state index in [9.17, 15) is 14.7 Å². The van der Waals surface area contributed by atoms with Crippen LogP contribution < -0.4 is 10.1 Å². The van der Waals surface area contributed by atoms with Gasteiger partial charge in [0.1, 0.15) is 11.9 Å². The summed E-state index contributed by atoms with van der Waals surface area (Å²) < 4.78 is 6.71. The molecule has 7 nitrogen and oxygen atoms in total. The van der Waals surface area contributed by atoms with Crippen molar-refractivity contribution < 1.29 is 19.4 Å². The largest absolute Gasteiger partial charge is 0.488 e. The number of amides is 2. The Hall–Kier alpha value is -3.68. The number of nitrogens with zero attached hydrogens (tertiary/aromatic N) is 2. The Bertz CT molecular complexity index is 1390. The molecule has 1 fully saturated rings. The molecule has 0 aromatic heterocycles. The molecule has 0 unspecified atom stereocenters. The van der Waals surface area contributed by atoms with Crippen LogP contribution in [-0.2, 0) is 22.6 Å². The third-order valence-corrected chi connectivity index (χ3v) is 9.17. The van der Waals surface area contributed by atoms with Crippen molar-refractivity contribution in [2.75, 3.05) is 32.1 Å². The van der Waals surface area contributed by atoms with Gasteiger partial charge in [0.25, 0.3) is 0 Å². The summed E-state index contributed by atoms with van der Waals surface area (Å²) in [7, 11) is 2.10. The van der Waals surface area contributed by atoms with E-state index in [1.54, 1.807) is 4.90 Å². The highest BCUT2D eigenvalue weighted by Gasteiger charge is 2.31. The molecule has 0 radical (unpaired) electrons. The van der Waals surface area contributed by atoms with Crippen LogP contribution in [0.1, 0.15) is 57.1 Å². The maximum Gasteiger partial charge on any atom is 0.227 e. The van der Waals surface area contributed by atoms with Crippen LogP contribution in [0.15, 0.2) is 72.8 Å². The first kappa shape index (κ1) is 31.7. The van der Waals surface area contributed by atoms with Crippen LogP contribution in [0.4, 0.5) is 5.69 Å². The van der Waals surface area contributed by atoms with Crippen LogP contribution in [0.2, 0.25) is 0 Å². The van der Waals surface area contributed by atoms with Crippen LogP contribution in [-0.4, -0.2) is 65.6 Å². The lowest BCUT2D eigenvalue weighted by molar-refractivity contribution is -0.134. The number of carbonyl (C=O) groups excluding carboxylic acids is 2. The lowest BCUT2D eigenvalue weighted by atomic mass is 9.88. The number of ether oxygens (including phenoxy) is 1. The molecular formula is C37H47N3O4. The molecular weight excluding hydrogens is 550 g/mol. The molecule has 7 heteroatoms. The molecule has 5 rings (SSSR count). The van der Waals surface area contributed by atoms with Crippen LogP contribution in [0.3, 0.4) is 0 Å². The van der Waals surface area contributed by atoms with E-state index in [4.69, 9.17) is 4.74 Å². The molecule has 0 saturated heterocycles. The van der Waals surface area contributed by atoms with Gasteiger partial charge in [0, 0.05) is 42.7 Å². The summed E-state index contributed by atoms with van der Waals surface area (Å²) in [5.41, 5.74) is 5.06. The van der Waals surface area contributed by atoms with Gasteiger partial charge in [-0.2, -0.15) is 0 Å². The summed E-state index contributed by atoms with van der Waals surface area (Å²) in [5.74, 6) is 0.743. The predicted octanol–water partition coefficient (Wildman–Crippen LogP) is 6.15. The number of nitrogens with one attached hydrogen (secondary N) is 1. The molecule has 3 aromatic rings. The van der Waals surface area contributed by atoms with Crippen molar-refractivity contribution in [3.63, 3.8) is 0 Å². The number of hydrogen-bond donors (Lipinski definition) is 2. The fraction of sp³-hybridized carbons (Fsp3) is 0.459. The average molecular weight is 598 g/mol. The Morgan fingerprint density at radius 3 is 2.43 bits per heavy atom. The number of aliphatic hydroxyl groups excluding tert-OH is 1. The third-order valence-electron chi connectivity index (χ3n) is 9.17. The molecule has 0 spiro atoms. The number of fused-ring (bicyclic) bond motifs is 1. The SMILES string of the molecule is C[C@H](CO)N1C[C@H](C)[C@@H](CN(C)Cc2ccc(-c3ccccc3)cc2)Oc2ccc(NC(=O)C3CCCCC3)cc2CC1=O. The highest BCUT2D eigenvalue weighted by atomic mass is 16.5. The van der Waals surface area contributed by atoms with E-state index in [-0.39, 0.29) is 48.8 Å². The first-order valence-electron chi connectivity index (χ1n) is 16.1. The van der Waals surface area contributed by atoms with Gasteiger partial charge >= 0.3 is 0 Å². The molecule has 44 heavy (non-hydrogen) atoms. The van der Waals surface area contributed by atoms with Crippen molar-refractivity contribution in [1.29, 1.82) is 0 Å². The van der Waals surface area contributed by atoms with Crippen LogP contribution in [0, 0.1) is 11.8 Å². The zero-order valence-corrected chi connectivity index (χ0v) is 26.4. The first-order valence-corrected chi connectivity index (χ1v) is 16.1. The van der Waals surface area contributed by atoms with E-state index >= 15 is 0 Å². The maximum absolute atomic E-state index is 13.6.